The minimum atomic E-state index is -0.258. The minimum absolute atomic E-state index is 0.0970. The molecule has 1 N–H and O–H groups in total. The summed E-state index contributed by atoms with van der Waals surface area (Å²) in [6.07, 6.45) is 3.39. The molecule has 1 heterocycles. The molecule has 0 bridgehead atoms. The van der Waals surface area contributed by atoms with E-state index in [4.69, 9.17) is 5.26 Å². The number of rotatable bonds is 3. The fourth-order valence-corrected chi connectivity index (χ4v) is 0.898. The molecule has 0 aliphatic carbocycles. The van der Waals surface area contributed by atoms with Crippen molar-refractivity contribution in [3.63, 3.8) is 0 Å². The second-order valence-corrected chi connectivity index (χ2v) is 2.63. The quantitative estimate of drug-likeness (QED) is 0.705. The zero-order valence-corrected chi connectivity index (χ0v) is 7.32. The highest BCUT2D eigenvalue weighted by Gasteiger charge is 2.00. The van der Waals surface area contributed by atoms with Gasteiger partial charge in [0.15, 0.2) is 0 Å². The molecule has 1 aromatic rings. The lowest BCUT2D eigenvalue weighted by Crippen LogP contribution is -2.21. The highest BCUT2D eigenvalue weighted by Crippen LogP contribution is 1.94. The van der Waals surface area contributed by atoms with Crippen LogP contribution in [0, 0.1) is 11.3 Å². The molecule has 0 saturated carbocycles. The first-order chi connectivity index (χ1) is 6.22. The first kappa shape index (κ1) is 9.26. The summed E-state index contributed by atoms with van der Waals surface area (Å²) in [5.74, 6) is -0.258. The smallest absolute Gasteiger partial charge is 0.234 e. The number of aromatic nitrogens is 2. The van der Waals surface area contributed by atoms with E-state index in [1.165, 1.54) is 0 Å². The number of aryl methyl sites for hydroxylation is 1. The van der Waals surface area contributed by atoms with Crippen LogP contribution in [0.2, 0.25) is 0 Å². The molecule has 13 heavy (non-hydrogen) atoms. The second kappa shape index (κ2) is 4.26. The van der Waals surface area contributed by atoms with Crippen molar-refractivity contribution in [2.24, 2.45) is 7.05 Å². The van der Waals surface area contributed by atoms with Crippen molar-refractivity contribution in [2.45, 2.75) is 13.0 Å². The van der Waals surface area contributed by atoms with Crippen molar-refractivity contribution in [1.82, 2.24) is 15.1 Å². The van der Waals surface area contributed by atoms with Crippen molar-refractivity contribution in [1.29, 1.82) is 5.26 Å². The summed E-state index contributed by atoms with van der Waals surface area (Å²) in [6, 6.07) is 1.78. The maximum absolute atomic E-state index is 10.9. The molecule has 0 saturated heterocycles. The van der Waals surface area contributed by atoms with E-state index in [-0.39, 0.29) is 12.3 Å². The Morgan fingerprint density at radius 1 is 1.85 bits per heavy atom. The summed E-state index contributed by atoms with van der Waals surface area (Å²) in [7, 11) is 1.81. The predicted molar refractivity (Wildman–Crippen MR) is 45.3 cm³/mol. The maximum Gasteiger partial charge on any atom is 0.234 e. The summed E-state index contributed by atoms with van der Waals surface area (Å²) in [6.45, 7) is 0.425. The van der Waals surface area contributed by atoms with Gasteiger partial charge in [0.25, 0.3) is 0 Å². The van der Waals surface area contributed by atoms with E-state index in [1.807, 2.05) is 6.20 Å². The van der Waals surface area contributed by atoms with Crippen molar-refractivity contribution in [3.8, 4) is 6.07 Å². The predicted octanol–water partition coefficient (Wildman–Crippen LogP) is -0.0500. The highest BCUT2D eigenvalue weighted by atomic mass is 16.1. The van der Waals surface area contributed by atoms with Gasteiger partial charge in [0, 0.05) is 25.4 Å². The number of nitriles is 1. The minimum Gasteiger partial charge on any atom is -0.351 e. The van der Waals surface area contributed by atoms with Gasteiger partial charge >= 0.3 is 0 Å². The maximum atomic E-state index is 10.9. The average molecular weight is 178 g/mol. The van der Waals surface area contributed by atoms with Crippen LogP contribution in [0.5, 0.6) is 0 Å². The van der Waals surface area contributed by atoms with Gasteiger partial charge in [-0.1, -0.05) is 0 Å². The van der Waals surface area contributed by atoms with Gasteiger partial charge in [0.2, 0.25) is 5.91 Å². The van der Waals surface area contributed by atoms with Gasteiger partial charge in [-0.2, -0.15) is 10.4 Å². The number of carbonyl (C=O) groups is 1. The Balaban J connectivity index is 2.36. The molecule has 0 aliphatic rings. The Morgan fingerprint density at radius 2 is 2.62 bits per heavy atom. The molecule has 1 amide bonds. The third kappa shape index (κ3) is 2.95. The van der Waals surface area contributed by atoms with Gasteiger partial charge in [0.05, 0.1) is 12.3 Å². The third-order valence-corrected chi connectivity index (χ3v) is 1.49. The monoisotopic (exact) mass is 178 g/mol. The van der Waals surface area contributed by atoms with Crippen LogP contribution in [0.15, 0.2) is 12.4 Å². The molecule has 5 heteroatoms. The van der Waals surface area contributed by atoms with Crippen LogP contribution in [0.4, 0.5) is 0 Å². The molecule has 0 spiro atoms. The van der Waals surface area contributed by atoms with Gasteiger partial charge < -0.3 is 5.32 Å². The van der Waals surface area contributed by atoms with Gasteiger partial charge in [-0.15, -0.1) is 0 Å². The van der Waals surface area contributed by atoms with Crippen molar-refractivity contribution < 1.29 is 4.79 Å². The Labute approximate surface area is 76.0 Å². The molecule has 5 nitrogen and oxygen atoms in total. The normalized spacial score (nSPS) is 9.23. The SMILES string of the molecule is Cn1cc(CNC(=O)CC#N)cn1. The van der Waals surface area contributed by atoms with E-state index < -0.39 is 0 Å². The lowest BCUT2D eigenvalue weighted by molar-refractivity contribution is -0.120. The molecule has 1 rings (SSSR count). The fourth-order valence-electron chi connectivity index (χ4n) is 0.898. The van der Waals surface area contributed by atoms with E-state index >= 15 is 0 Å². The van der Waals surface area contributed by atoms with Gasteiger partial charge in [0.1, 0.15) is 6.42 Å². The van der Waals surface area contributed by atoms with E-state index in [1.54, 1.807) is 24.0 Å². The molecule has 0 radical (unpaired) electrons. The van der Waals surface area contributed by atoms with Gasteiger partial charge in [-0.25, -0.2) is 0 Å². The fraction of sp³-hybridized carbons (Fsp3) is 0.375. The summed E-state index contributed by atoms with van der Waals surface area (Å²) in [5, 5.41) is 14.8. The second-order valence-electron chi connectivity index (χ2n) is 2.63. The first-order valence-corrected chi connectivity index (χ1v) is 3.83. The van der Waals surface area contributed by atoms with Crippen molar-refractivity contribution >= 4 is 5.91 Å². The molecular formula is C8H10N4O. The first-order valence-electron chi connectivity index (χ1n) is 3.83. The Hall–Kier alpha value is -1.83. The van der Waals surface area contributed by atoms with Crippen LogP contribution in [0.25, 0.3) is 0 Å². The van der Waals surface area contributed by atoms with E-state index in [0.717, 1.165) is 5.56 Å². The number of amides is 1. The summed E-state index contributed by atoms with van der Waals surface area (Å²) >= 11 is 0. The zero-order valence-electron chi connectivity index (χ0n) is 7.32. The number of nitrogens with zero attached hydrogens (tertiary/aromatic N) is 3. The third-order valence-electron chi connectivity index (χ3n) is 1.49. The molecular weight excluding hydrogens is 168 g/mol. The van der Waals surface area contributed by atoms with Crippen LogP contribution in [-0.2, 0) is 18.4 Å². The van der Waals surface area contributed by atoms with Crippen molar-refractivity contribution in [2.75, 3.05) is 0 Å². The largest absolute Gasteiger partial charge is 0.351 e. The lowest BCUT2D eigenvalue weighted by Gasteiger charge is -1.98. The molecule has 0 atom stereocenters. The van der Waals surface area contributed by atoms with E-state index in [2.05, 4.69) is 10.4 Å². The Bertz CT molecular complexity index is 336. The number of hydrogen-bond donors (Lipinski definition) is 1. The summed E-state index contributed by atoms with van der Waals surface area (Å²) in [5.41, 5.74) is 0.925. The van der Waals surface area contributed by atoms with Crippen LogP contribution < -0.4 is 5.32 Å². The molecule has 0 fully saturated rings. The van der Waals surface area contributed by atoms with Crippen LogP contribution >= 0.6 is 0 Å². The molecule has 68 valence electrons. The van der Waals surface area contributed by atoms with Crippen LogP contribution in [-0.4, -0.2) is 15.7 Å². The molecule has 1 aromatic heterocycles. The number of nitrogens with one attached hydrogen (secondary N) is 1. The van der Waals surface area contributed by atoms with Gasteiger partial charge in [-0.3, -0.25) is 9.48 Å². The standard InChI is InChI=1S/C8H10N4O/c1-12-6-7(5-11-12)4-10-8(13)2-3-9/h5-6H,2,4H2,1H3,(H,10,13). The molecule has 0 aliphatic heterocycles. The van der Waals surface area contributed by atoms with Crippen LogP contribution in [0.3, 0.4) is 0 Å². The summed E-state index contributed by atoms with van der Waals surface area (Å²) in [4.78, 5) is 10.9. The topological polar surface area (TPSA) is 70.7 Å². The number of hydrogen-bond acceptors (Lipinski definition) is 3. The lowest BCUT2D eigenvalue weighted by atomic mass is 10.3. The molecule has 0 unspecified atom stereocenters. The molecule has 0 aromatic carbocycles. The van der Waals surface area contributed by atoms with Crippen molar-refractivity contribution in [3.05, 3.63) is 18.0 Å². The number of carbonyl (C=O) groups excluding carboxylic acids is 1. The average Bonchev–Trinajstić information content (AvgIpc) is 2.49. The van der Waals surface area contributed by atoms with E-state index in [0.29, 0.717) is 6.54 Å². The van der Waals surface area contributed by atoms with Crippen LogP contribution in [0.1, 0.15) is 12.0 Å². The Morgan fingerprint density at radius 3 is 3.15 bits per heavy atom. The Kier molecular flexibility index (Phi) is 3.03. The summed E-state index contributed by atoms with van der Waals surface area (Å²) < 4.78 is 1.66. The zero-order chi connectivity index (χ0) is 9.68. The van der Waals surface area contributed by atoms with Gasteiger partial charge in [-0.05, 0) is 0 Å². The highest BCUT2D eigenvalue weighted by molar-refractivity contribution is 5.77. The van der Waals surface area contributed by atoms with E-state index in [9.17, 15) is 4.79 Å².